The van der Waals surface area contributed by atoms with Gasteiger partial charge in [-0.1, -0.05) is 18.2 Å². The predicted octanol–water partition coefficient (Wildman–Crippen LogP) is 3.63. The topological polar surface area (TPSA) is 43.0 Å². The number of fused-ring (bicyclic) bond motifs is 1. The molecule has 0 amide bonds. The SMILES string of the molecule is Cc1nn(C)cc1CNC(C)c1oc2ccccc2c1C. The van der Waals surface area contributed by atoms with Crippen LogP contribution in [0.4, 0.5) is 0 Å². The van der Waals surface area contributed by atoms with Crippen LogP contribution in [-0.2, 0) is 13.6 Å². The van der Waals surface area contributed by atoms with E-state index in [0.717, 1.165) is 23.6 Å². The van der Waals surface area contributed by atoms with Gasteiger partial charge in [-0.3, -0.25) is 4.68 Å². The van der Waals surface area contributed by atoms with Gasteiger partial charge in [-0.25, -0.2) is 0 Å². The second kappa shape index (κ2) is 5.37. The van der Waals surface area contributed by atoms with Crippen LogP contribution in [0.15, 0.2) is 34.9 Å². The van der Waals surface area contributed by atoms with Crippen molar-refractivity contribution in [2.45, 2.75) is 33.4 Å². The van der Waals surface area contributed by atoms with Crippen molar-refractivity contribution in [2.24, 2.45) is 7.05 Å². The number of nitrogens with one attached hydrogen (secondary N) is 1. The number of hydrogen-bond acceptors (Lipinski definition) is 3. The number of aryl methyl sites for hydroxylation is 3. The Morgan fingerprint density at radius 2 is 2.05 bits per heavy atom. The van der Waals surface area contributed by atoms with E-state index in [2.05, 4.69) is 36.5 Å². The van der Waals surface area contributed by atoms with Crippen molar-refractivity contribution in [3.8, 4) is 0 Å². The summed E-state index contributed by atoms with van der Waals surface area (Å²) in [6, 6.07) is 8.34. The van der Waals surface area contributed by atoms with E-state index >= 15 is 0 Å². The molecule has 0 spiro atoms. The summed E-state index contributed by atoms with van der Waals surface area (Å²) in [7, 11) is 1.95. The van der Waals surface area contributed by atoms with E-state index in [1.165, 1.54) is 16.5 Å². The maximum absolute atomic E-state index is 6.00. The Bertz CT molecular complexity index is 770. The van der Waals surface area contributed by atoms with Crippen LogP contribution in [0.2, 0.25) is 0 Å². The number of benzene rings is 1. The third-order valence-electron chi connectivity index (χ3n) is 3.99. The highest BCUT2D eigenvalue weighted by molar-refractivity contribution is 5.82. The van der Waals surface area contributed by atoms with Gasteiger partial charge in [0.25, 0.3) is 0 Å². The molecule has 0 aliphatic carbocycles. The molecule has 110 valence electrons. The van der Waals surface area contributed by atoms with Gasteiger partial charge in [0.1, 0.15) is 11.3 Å². The molecule has 1 aromatic carbocycles. The molecular weight excluding hydrogens is 262 g/mol. The lowest BCUT2D eigenvalue weighted by Crippen LogP contribution is -2.18. The molecule has 0 aliphatic heterocycles. The zero-order chi connectivity index (χ0) is 15.0. The van der Waals surface area contributed by atoms with Crippen molar-refractivity contribution in [1.29, 1.82) is 0 Å². The Labute approximate surface area is 124 Å². The van der Waals surface area contributed by atoms with Crippen LogP contribution in [0, 0.1) is 13.8 Å². The molecular formula is C17H21N3O. The van der Waals surface area contributed by atoms with Crippen LogP contribution in [-0.4, -0.2) is 9.78 Å². The van der Waals surface area contributed by atoms with Crippen molar-refractivity contribution in [2.75, 3.05) is 0 Å². The Morgan fingerprint density at radius 1 is 1.29 bits per heavy atom. The van der Waals surface area contributed by atoms with Crippen LogP contribution in [0.5, 0.6) is 0 Å². The molecule has 0 radical (unpaired) electrons. The highest BCUT2D eigenvalue weighted by atomic mass is 16.3. The third-order valence-corrected chi connectivity index (χ3v) is 3.99. The van der Waals surface area contributed by atoms with Crippen molar-refractivity contribution in [3.63, 3.8) is 0 Å². The third kappa shape index (κ3) is 2.59. The highest BCUT2D eigenvalue weighted by Crippen LogP contribution is 2.29. The van der Waals surface area contributed by atoms with E-state index in [1.54, 1.807) is 0 Å². The zero-order valence-electron chi connectivity index (χ0n) is 13.0. The molecule has 1 atom stereocenters. The lowest BCUT2D eigenvalue weighted by molar-refractivity contribution is 0.447. The van der Waals surface area contributed by atoms with Crippen LogP contribution >= 0.6 is 0 Å². The first-order valence-corrected chi connectivity index (χ1v) is 7.27. The molecule has 0 aliphatic rings. The van der Waals surface area contributed by atoms with Crippen molar-refractivity contribution in [3.05, 3.63) is 53.0 Å². The van der Waals surface area contributed by atoms with E-state index in [-0.39, 0.29) is 6.04 Å². The van der Waals surface area contributed by atoms with E-state index < -0.39 is 0 Å². The lowest BCUT2D eigenvalue weighted by atomic mass is 10.1. The number of para-hydroxylation sites is 1. The van der Waals surface area contributed by atoms with Gasteiger partial charge in [-0.15, -0.1) is 0 Å². The van der Waals surface area contributed by atoms with Gasteiger partial charge in [-0.05, 0) is 32.4 Å². The zero-order valence-corrected chi connectivity index (χ0v) is 13.0. The number of aromatic nitrogens is 2. The normalized spacial score (nSPS) is 13.0. The lowest BCUT2D eigenvalue weighted by Gasteiger charge is -2.12. The number of rotatable bonds is 4. The van der Waals surface area contributed by atoms with Crippen LogP contribution in [0.25, 0.3) is 11.0 Å². The fraction of sp³-hybridized carbons (Fsp3) is 0.353. The molecule has 3 aromatic rings. The van der Waals surface area contributed by atoms with Gasteiger partial charge >= 0.3 is 0 Å². The van der Waals surface area contributed by atoms with E-state index in [9.17, 15) is 0 Å². The smallest absolute Gasteiger partial charge is 0.134 e. The molecule has 3 rings (SSSR count). The second-order valence-corrected chi connectivity index (χ2v) is 5.60. The number of nitrogens with zero attached hydrogens (tertiary/aromatic N) is 2. The molecule has 4 heteroatoms. The minimum Gasteiger partial charge on any atom is -0.459 e. The van der Waals surface area contributed by atoms with Gasteiger partial charge in [-0.2, -0.15) is 5.10 Å². The molecule has 2 heterocycles. The van der Waals surface area contributed by atoms with Crippen LogP contribution in [0.3, 0.4) is 0 Å². The van der Waals surface area contributed by atoms with E-state index in [1.807, 2.05) is 36.9 Å². The van der Waals surface area contributed by atoms with Crippen molar-refractivity contribution < 1.29 is 4.42 Å². The van der Waals surface area contributed by atoms with Crippen LogP contribution in [0.1, 0.15) is 35.5 Å². The summed E-state index contributed by atoms with van der Waals surface area (Å²) in [5.41, 5.74) is 4.46. The summed E-state index contributed by atoms with van der Waals surface area (Å²) in [5, 5.41) is 9.08. The first-order valence-electron chi connectivity index (χ1n) is 7.27. The molecule has 4 nitrogen and oxygen atoms in total. The maximum atomic E-state index is 6.00. The van der Waals surface area contributed by atoms with E-state index in [4.69, 9.17) is 4.42 Å². The second-order valence-electron chi connectivity index (χ2n) is 5.60. The summed E-state index contributed by atoms with van der Waals surface area (Å²) in [6.45, 7) is 7.08. The first-order chi connectivity index (χ1) is 10.1. The summed E-state index contributed by atoms with van der Waals surface area (Å²) >= 11 is 0. The molecule has 0 saturated carbocycles. The predicted molar refractivity (Wildman–Crippen MR) is 84.2 cm³/mol. The molecule has 0 saturated heterocycles. The fourth-order valence-corrected chi connectivity index (χ4v) is 2.78. The van der Waals surface area contributed by atoms with Gasteiger partial charge in [0, 0.05) is 30.7 Å². The minimum atomic E-state index is 0.164. The molecule has 21 heavy (non-hydrogen) atoms. The summed E-state index contributed by atoms with van der Waals surface area (Å²) in [6.07, 6.45) is 2.06. The highest BCUT2D eigenvalue weighted by Gasteiger charge is 2.16. The molecule has 2 aromatic heterocycles. The molecule has 0 bridgehead atoms. The largest absolute Gasteiger partial charge is 0.459 e. The average Bonchev–Trinajstić information content (AvgIpc) is 2.97. The molecule has 0 fully saturated rings. The molecule has 1 N–H and O–H groups in total. The van der Waals surface area contributed by atoms with Crippen molar-refractivity contribution >= 4 is 11.0 Å². The quantitative estimate of drug-likeness (QED) is 0.795. The first kappa shape index (κ1) is 13.9. The monoisotopic (exact) mass is 283 g/mol. The standard InChI is InChI=1S/C17H21N3O/c1-11-15-7-5-6-8-16(15)21-17(11)13(3)18-9-14-10-20(4)19-12(14)2/h5-8,10,13,18H,9H2,1-4H3. The summed E-state index contributed by atoms with van der Waals surface area (Å²) < 4.78 is 7.85. The summed E-state index contributed by atoms with van der Waals surface area (Å²) in [4.78, 5) is 0. The Hall–Kier alpha value is -2.07. The van der Waals surface area contributed by atoms with Gasteiger partial charge in [0.05, 0.1) is 11.7 Å². The Kier molecular flexibility index (Phi) is 3.55. The minimum absolute atomic E-state index is 0.164. The maximum Gasteiger partial charge on any atom is 0.134 e. The van der Waals surface area contributed by atoms with Gasteiger partial charge < -0.3 is 9.73 Å². The number of furan rings is 1. The van der Waals surface area contributed by atoms with Gasteiger partial charge in [0.2, 0.25) is 0 Å². The van der Waals surface area contributed by atoms with E-state index in [0.29, 0.717) is 0 Å². The molecule has 1 unspecified atom stereocenters. The summed E-state index contributed by atoms with van der Waals surface area (Å²) in [5.74, 6) is 1.01. The Morgan fingerprint density at radius 3 is 2.71 bits per heavy atom. The average molecular weight is 283 g/mol. The van der Waals surface area contributed by atoms with Crippen molar-refractivity contribution in [1.82, 2.24) is 15.1 Å². The van der Waals surface area contributed by atoms with Gasteiger partial charge in [0.15, 0.2) is 0 Å². The fourth-order valence-electron chi connectivity index (χ4n) is 2.78. The van der Waals surface area contributed by atoms with Crippen LogP contribution < -0.4 is 5.32 Å². The Balaban J connectivity index is 1.79. The number of hydrogen-bond donors (Lipinski definition) is 1.